The van der Waals surface area contributed by atoms with Crippen LogP contribution >= 0.6 is 0 Å². The van der Waals surface area contributed by atoms with Crippen molar-refractivity contribution in [3.8, 4) is 0 Å². The van der Waals surface area contributed by atoms with E-state index in [2.05, 4.69) is 4.98 Å². The molecule has 1 rings (SSSR count). The third kappa shape index (κ3) is 3.56. The fourth-order valence-corrected chi connectivity index (χ4v) is 1.14. The highest BCUT2D eigenvalue weighted by molar-refractivity contribution is 5.74. The zero-order valence-corrected chi connectivity index (χ0v) is 8.75. The lowest BCUT2D eigenvalue weighted by molar-refractivity contribution is -0.152. The van der Waals surface area contributed by atoms with Crippen molar-refractivity contribution in [1.29, 1.82) is 0 Å². The maximum Gasteiger partial charge on any atom is 0.433 e. The Hall–Kier alpha value is -1.84. The van der Waals surface area contributed by atoms with Gasteiger partial charge in [-0.3, -0.25) is 0 Å². The van der Waals surface area contributed by atoms with Crippen LogP contribution in [0.1, 0.15) is 23.1 Å². The molecule has 0 bridgehead atoms. The van der Waals surface area contributed by atoms with E-state index in [4.69, 9.17) is 10.2 Å². The van der Waals surface area contributed by atoms with Gasteiger partial charge in [0.25, 0.3) is 0 Å². The SMILES string of the molecule is O=C(O)C(O)c1cc(C(F)(F)F)nc(C(F)(F)F)c1. The number of alkyl halides is 6. The van der Waals surface area contributed by atoms with Gasteiger partial charge in [-0.2, -0.15) is 26.3 Å². The molecule has 0 aliphatic carbocycles. The molecule has 0 fully saturated rings. The number of aliphatic hydroxyl groups is 1. The van der Waals surface area contributed by atoms with Crippen molar-refractivity contribution in [3.05, 3.63) is 29.1 Å². The predicted molar refractivity (Wildman–Crippen MR) is 46.8 cm³/mol. The molecule has 0 aliphatic heterocycles. The second kappa shape index (κ2) is 4.68. The van der Waals surface area contributed by atoms with Crippen molar-refractivity contribution < 1.29 is 41.4 Å². The van der Waals surface area contributed by atoms with Gasteiger partial charge in [0.05, 0.1) is 0 Å². The van der Waals surface area contributed by atoms with E-state index in [9.17, 15) is 31.1 Å². The van der Waals surface area contributed by atoms with Crippen LogP contribution in [-0.4, -0.2) is 21.2 Å². The van der Waals surface area contributed by atoms with Crippen LogP contribution < -0.4 is 0 Å². The lowest BCUT2D eigenvalue weighted by atomic mass is 10.1. The maximum absolute atomic E-state index is 12.3. The smallest absolute Gasteiger partial charge is 0.433 e. The summed E-state index contributed by atoms with van der Waals surface area (Å²) < 4.78 is 74.0. The first-order chi connectivity index (χ1) is 8.43. The number of rotatable bonds is 2. The molecule has 10 heteroatoms. The van der Waals surface area contributed by atoms with E-state index in [1.165, 1.54) is 0 Å². The quantitative estimate of drug-likeness (QED) is 0.819. The van der Waals surface area contributed by atoms with Crippen LogP contribution in [0.25, 0.3) is 0 Å². The number of aliphatic carboxylic acids is 1. The highest BCUT2D eigenvalue weighted by Gasteiger charge is 2.39. The molecule has 1 unspecified atom stereocenters. The highest BCUT2D eigenvalue weighted by atomic mass is 19.4. The van der Waals surface area contributed by atoms with Crippen molar-refractivity contribution in [2.24, 2.45) is 0 Å². The fraction of sp³-hybridized carbons (Fsp3) is 0.333. The van der Waals surface area contributed by atoms with Gasteiger partial charge in [-0.15, -0.1) is 0 Å². The van der Waals surface area contributed by atoms with Gasteiger partial charge in [-0.1, -0.05) is 0 Å². The first-order valence-corrected chi connectivity index (χ1v) is 4.50. The third-order valence-corrected chi connectivity index (χ3v) is 1.98. The molecule has 0 radical (unpaired) electrons. The topological polar surface area (TPSA) is 70.4 Å². The number of aliphatic hydroxyl groups excluding tert-OH is 1. The van der Waals surface area contributed by atoms with E-state index in [1.807, 2.05) is 0 Å². The molecule has 1 aromatic rings. The van der Waals surface area contributed by atoms with E-state index in [0.29, 0.717) is 0 Å². The average molecular weight is 289 g/mol. The van der Waals surface area contributed by atoms with Crippen LogP contribution in [0, 0.1) is 0 Å². The molecule has 0 aromatic carbocycles. The molecule has 0 saturated heterocycles. The Morgan fingerprint density at radius 2 is 1.42 bits per heavy atom. The number of carboxylic acid groups (broad SMARTS) is 1. The van der Waals surface area contributed by atoms with E-state index < -0.39 is 41.4 Å². The molecular weight excluding hydrogens is 284 g/mol. The van der Waals surface area contributed by atoms with Crippen LogP contribution in [0.5, 0.6) is 0 Å². The van der Waals surface area contributed by atoms with Gasteiger partial charge in [0, 0.05) is 0 Å². The third-order valence-electron chi connectivity index (χ3n) is 1.98. The summed E-state index contributed by atoms with van der Waals surface area (Å²) in [6.07, 6.45) is -12.9. The second-order valence-corrected chi connectivity index (χ2v) is 3.41. The Bertz CT molecular complexity index is 463. The van der Waals surface area contributed by atoms with E-state index in [0.717, 1.165) is 0 Å². The number of pyridine rings is 1. The predicted octanol–water partition coefficient (Wildman–Crippen LogP) is 2.24. The largest absolute Gasteiger partial charge is 0.479 e. The highest BCUT2D eigenvalue weighted by Crippen LogP contribution is 2.34. The summed E-state index contributed by atoms with van der Waals surface area (Å²) in [7, 11) is 0. The molecule has 1 heterocycles. The van der Waals surface area contributed by atoms with Gasteiger partial charge in [0.15, 0.2) is 6.10 Å². The molecule has 0 amide bonds. The minimum Gasteiger partial charge on any atom is -0.479 e. The fourth-order valence-electron chi connectivity index (χ4n) is 1.14. The van der Waals surface area contributed by atoms with E-state index in [-0.39, 0.29) is 12.1 Å². The molecule has 0 aliphatic rings. The zero-order valence-electron chi connectivity index (χ0n) is 8.75. The minimum atomic E-state index is -5.20. The molecule has 4 nitrogen and oxygen atoms in total. The Balaban J connectivity index is 3.45. The minimum absolute atomic E-state index is 0.0496. The first-order valence-electron chi connectivity index (χ1n) is 4.50. The Kier molecular flexibility index (Phi) is 3.75. The molecule has 19 heavy (non-hydrogen) atoms. The van der Waals surface area contributed by atoms with Crippen LogP contribution in [-0.2, 0) is 17.1 Å². The Morgan fingerprint density at radius 1 is 1.05 bits per heavy atom. The van der Waals surface area contributed by atoms with Crippen molar-refractivity contribution >= 4 is 5.97 Å². The van der Waals surface area contributed by atoms with Gasteiger partial charge >= 0.3 is 18.3 Å². The standard InChI is InChI=1S/C9H5F6NO3/c10-8(11,12)4-1-3(6(17)7(18)19)2-5(16-4)9(13,14)15/h1-2,6,17H,(H,18,19). The summed E-state index contributed by atoms with van der Waals surface area (Å²) in [4.78, 5) is 12.8. The van der Waals surface area contributed by atoms with Gasteiger partial charge in [-0.05, 0) is 17.7 Å². The number of hydrogen-bond acceptors (Lipinski definition) is 3. The number of halogens is 6. The Labute approximate surface area is 101 Å². The van der Waals surface area contributed by atoms with Crippen LogP contribution in [0.15, 0.2) is 12.1 Å². The number of carbonyl (C=O) groups is 1. The summed E-state index contributed by atoms with van der Waals surface area (Å²) in [5, 5.41) is 17.4. The molecule has 106 valence electrons. The normalized spacial score (nSPS) is 14.3. The Morgan fingerprint density at radius 3 is 1.68 bits per heavy atom. The van der Waals surface area contributed by atoms with E-state index in [1.54, 1.807) is 0 Å². The molecule has 0 saturated carbocycles. The summed E-state index contributed by atoms with van der Waals surface area (Å²) in [6, 6.07) is 0.0993. The summed E-state index contributed by atoms with van der Waals surface area (Å²) in [5.41, 5.74) is -4.92. The summed E-state index contributed by atoms with van der Waals surface area (Å²) >= 11 is 0. The zero-order chi connectivity index (χ0) is 15.0. The van der Waals surface area contributed by atoms with Crippen molar-refractivity contribution in [3.63, 3.8) is 0 Å². The van der Waals surface area contributed by atoms with Gasteiger partial charge < -0.3 is 10.2 Å². The summed E-state index contributed by atoms with van der Waals surface area (Å²) in [5.74, 6) is -1.98. The van der Waals surface area contributed by atoms with Gasteiger partial charge in [-0.25, -0.2) is 9.78 Å². The molecule has 1 aromatic heterocycles. The number of aromatic nitrogens is 1. The molecular formula is C9H5F6NO3. The molecule has 2 N–H and O–H groups in total. The second-order valence-electron chi connectivity index (χ2n) is 3.41. The summed E-state index contributed by atoms with van der Waals surface area (Å²) in [6.45, 7) is 0. The van der Waals surface area contributed by atoms with E-state index >= 15 is 0 Å². The van der Waals surface area contributed by atoms with Crippen LogP contribution in [0.3, 0.4) is 0 Å². The monoisotopic (exact) mass is 289 g/mol. The van der Waals surface area contributed by atoms with Crippen molar-refractivity contribution in [2.45, 2.75) is 18.5 Å². The number of hydrogen-bond donors (Lipinski definition) is 2. The number of nitrogens with zero attached hydrogens (tertiary/aromatic N) is 1. The van der Waals surface area contributed by atoms with Crippen LogP contribution in [0.4, 0.5) is 26.3 Å². The van der Waals surface area contributed by atoms with Crippen molar-refractivity contribution in [1.82, 2.24) is 4.98 Å². The first kappa shape index (κ1) is 15.2. The maximum atomic E-state index is 12.3. The lowest BCUT2D eigenvalue weighted by Crippen LogP contribution is -2.18. The lowest BCUT2D eigenvalue weighted by Gasteiger charge is -2.14. The van der Waals surface area contributed by atoms with Gasteiger partial charge in [0.2, 0.25) is 0 Å². The van der Waals surface area contributed by atoms with Crippen LogP contribution in [0.2, 0.25) is 0 Å². The van der Waals surface area contributed by atoms with Crippen molar-refractivity contribution in [2.75, 3.05) is 0 Å². The molecule has 1 atom stereocenters. The number of carboxylic acids is 1. The molecule has 0 spiro atoms. The van der Waals surface area contributed by atoms with Gasteiger partial charge in [0.1, 0.15) is 11.4 Å². The average Bonchev–Trinajstić information content (AvgIpc) is 2.24.